The number of rotatable bonds is 6. The third-order valence-electron chi connectivity index (χ3n) is 10.6. The minimum atomic E-state index is -0.115. The van der Waals surface area contributed by atoms with E-state index in [1.54, 1.807) is 12.5 Å². The Balaban J connectivity index is 1.47. The van der Waals surface area contributed by atoms with Gasteiger partial charge in [0.05, 0.1) is 0 Å². The van der Waals surface area contributed by atoms with E-state index < -0.39 is 0 Å². The van der Waals surface area contributed by atoms with Gasteiger partial charge >= 0.3 is 5.97 Å². The van der Waals surface area contributed by atoms with Gasteiger partial charge in [0.15, 0.2) is 0 Å². The van der Waals surface area contributed by atoms with Gasteiger partial charge in [0, 0.05) is 13.3 Å². The lowest BCUT2D eigenvalue weighted by molar-refractivity contribution is -0.148. The molecule has 2 heteroatoms. The highest BCUT2D eigenvalue weighted by atomic mass is 16.5. The number of hydrogen-bond acceptors (Lipinski definition) is 2. The lowest BCUT2D eigenvalue weighted by Crippen LogP contribution is -2.51. The van der Waals surface area contributed by atoms with Crippen LogP contribution in [0.25, 0.3) is 0 Å². The summed E-state index contributed by atoms with van der Waals surface area (Å²) < 4.78 is 5.61. The molecule has 0 aliphatic heterocycles. The number of hydrogen-bond donors (Lipinski definition) is 0. The van der Waals surface area contributed by atoms with E-state index in [1.807, 2.05) is 0 Å². The first kappa shape index (κ1) is 23.4. The average Bonchev–Trinajstić information content (AvgIpc) is 3.05. The summed E-state index contributed by atoms with van der Waals surface area (Å²) in [6, 6.07) is 0. The molecule has 4 aliphatic rings. The monoisotopic (exact) mass is 428 g/mol. The van der Waals surface area contributed by atoms with Gasteiger partial charge in [-0.1, -0.05) is 65.5 Å². The molecule has 0 heterocycles. The Labute approximate surface area is 192 Å². The van der Waals surface area contributed by atoms with Crippen molar-refractivity contribution < 1.29 is 9.53 Å². The average molecular weight is 429 g/mol. The fraction of sp³-hybridized carbons (Fsp3) is 0.897. The molecule has 176 valence electrons. The minimum Gasteiger partial charge on any atom is -0.462 e. The molecule has 7 unspecified atom stereocenters. The van der Waals surface area contributed by atoms with Gasteiger partial charge in [-0.15, -0.1) is 0 Å². The zero-order valence-corrected chi connectivity index (χ0v) is 21.2. The van der Waals surface area contributed by atoms with E-state index in [2.05, 4.69) is 40.7 Å². The number of allylic oxidation sites excluding steroid dienone is 1. The van der Waals surface area contributed by atoms with Gasteiger partial charge in [0.2, 0.25) is 0 Å². The minimum absolute atomic E-state index is 0.115. The first-order valence-corrected chi connectivity index (χ1v) is 13.5. The van der Waals surface area contributed by atoms with E-state index in [-0.39, 0.29) is 12.1 Å². The van der Waals surface area contributed by atoms with Gasteiger partial charge in [0.25, 0.3) is 0 Å². The zero-order valence-electron chi connectivity index (χ0n) is 21.2. The molecule has 3 saturated carbocycles. The van der Waals surface area contributed by atoms with Crippen molar-refractivity contribution in [2.75, 3.05) is 0 Å². The molecule has 0 bridgehead atoms. The second kappa shape index (κ2) is 8.86. The number of carbonyl (C=O) groups excluding carboxylic acids is 1. The maximum atomic E-state index is 11.5. The summed E-state index contributed by atoms with van der Waals surface area (Å²) in [5.41, 5.74) is 2.53. The first-order chi connectivity index (χ1) is 14.6. The lowest BCUT2D eigenvalue weighted by atomic mass is 9.47. The van der Waals surface area contributed by atoms with E-state index in [0.717, 1.165) is 48.3 Å². The Hall–Kier alpha value is -0.790. The van der Waals surface area contributed by atoms with Gasteiger partial charge in [-0.25, -0.2) is 0 Å². The summed E-state index contributed by atoms with van der Waals surface area (Å²) in [5, 5.41) is 0. The molecule has 0 aromatic rings. The fourth-order valence-corrected chi connectivity index (χ4v) is 8.99. The Morgan fingerprint density at radius 3 is 2.55 bits per heavy atom. The van der Waals surface area contributed by atoms with Gasteiger partial charge in [-0.05, 0) is 91.3 Å². The van der Waals surface area contributed by atoms with Crippen molar-refractivity contribution in [1.29, 1.82) is 0 Å². The van der Waals surface area contributed by atoms with Crippen molar-refractivity contribution in [3.05, 3.63) is 11.6 Å². The predicted octanol–water partition coefficient (Wildman–Crippen LogP) is 7.96. The molecular weight excluding hydrogens is 380 g/mol. The molecule has 31 heavy (non-hydrogen) atoms. The molecule has 0 N–H and O–H groups in total. The summed E-state index contributed by atoms with van der Waals surface area (Å²) in [7, 11) is 0. The molecule has 0 amide bonds. The van der Waals surface area contributed by atoms with Crippen molar-refractivity contribution in [1.82, 2.24) is 0 Å². The number of carbonyl (C=O) groups is 1. The topological polar surface area (TPSA) is 26.3 Å². The Morgan fingerprint density at radius 1 is 1.06 bits per heavy atom. The molecule has 0 aromatic carbocycles. The number of ether oxygens (including phenoxy) is 1. The van der Waals surface area contributed by atoms with Crippen molar-refractivity contribution in [2.24, 2.45) is 46.3 Å². The fourth-order valence-electron chi connectivity index (χ4n) is 8.99. The van der Waals surface area contributed by atoms with E-state index in [0.29, 0.717) is 10.8 Å². The Bertz CT molecular complexity index is 693. The van der Waals surface area contributed by atoms with E-state index >= 15 is 0 Å². The smallest absolute Gasteiger partial charge is 0.302 e. The van der Waals surface area contributed by atoms with Gasteiger partial charge in [-0.3, -0.25) is 4.79 Å². The van der Waals surface area contributed by atoms with Crippen LogP contribution < -0.4 is 0 Å². The standard InChI is InChI=1S/C29H48O2/c1-19(2)8-7-9-20(3)25-12-13-26-24-11-10-22-18-23(31-21(4)30)14-16-28(22,5)27(24)15-17-29(25,26)6/h10,19-20,23-27H,7-9,11-18H2,1-6H3/t20?,23?,24?,25?,26?,27?,28?,29-/m0/s1. The Morgan fingerprint density at radius 2 is 1.84 bits per heavy atom. The number of esters is 1. The van der Waals surface area contributed by atoms with Crippen LogP contribution in [0.2, 0.25) is 0 Å². The SMILES string of the molecule is CC(=O)OC1CCC2(C)C(=CCC3C2CC[C@@]2(C)C(C(C)CCCC(C)C)CCC32)C1. The van der Waals surface area contributed by atoms with Crippen molar-refractivity contribution in [2.45, 2.75) is 118 Å². The highest BCUT2D eigenvalue weighted by Crippen LogP contribution is 2.67. The van der Waals surface area contributed by atoms with Crippen molar-refractivity contribution in [3.63, 3.8) is 0 Å². The summed E-state index contributed by atoms with van der Waals surface area (Å²) >= 11 is 0. The second-order valence-electron chi connectivity index (χ2n) is 12.8. The van der Waals surface area contributed by atoms with Crippen LogP contribution in [0.3, 0.4) is 0 Å². The van der Waals surface area contributed by atoms with Crippen LogP contribution in [-0.2, 0) is 9.53 Å². The maximum Gasteiger partial charge on any atom is 0.302 e. The molecule has 3 fully saturated rings. The quantitative estimate of drug-likeness (QED) is 0.317. The van der Waals surface area contributed by atoms with E-state index in [4.69, 9.17) is 4.74 Å². The summed E-state index contributed by atoms with van der Waals surface area (Å²) in [6.07, 6.45) is 17.2. The van der Waals surface area contributed by atoms with Crippen LogP contribution in [0, 0.1) is 46.3 Å². The Kier molecular flexibility index (Phi) is 6.68. The van der Waals surface area contributed by atoms with Crippen LogP contribution in [-0.4, -0.2) is 12.1 Å². The molecule has 0 spiro atoms. The normalized spacial score (nSPS) is 42.9. The highest BCUT2D eigenvalue weighted by Gasteiger charge is 2.59. The van der Waals surface area contributed by atoms with Crippen LogP contribution in [0.5, 0.6) is 0 Å². The third kappa shape index (κ3) is 4.26. The summed E-state index contributed by atoms with van der Waals surface area (Å²) in [5.74, 6) is 5.19. The molecule has 4 aliphatic carbocycles. The lowest BCUT2D eigenvalue weighted by Gasteiger charge is -2.58. The maximum absolute atomic E-state index is 11.5. The summed E-state index contributed by atoms with van der Waals surface area (Å²) in [4.78, 5) is 11.5. The molecule has 0 aromatic heterocycles. The van der Waals surface area contributed by atoms with Gasteiger partial charge in [0.1, 0.15) is 6.10 Å². The molecule has 0 saturated heterocycles. The molecule has 8 atom stereocenters. The van der Waals surface area contributed by atoms with Gasteiger partial charge in [-0.2, -0.15) is 0 Å². The molecule has 4 rings (SSSR count). The first-order valence-electron chi connectivity index (χ1n) is 13.5. The van der Waals surface area contributed by atoms with Gasteiger partial charge < -0.3 is 4.74 Å². The molecular formula is C29H48O2. The molecule has 2 nitrogen and oxygen atoms in total. The van der Waals surface area contributed by atoms with Crippen LogP contribution >= 0.6 is 0 Å². The van der Waals surface area contributed by atoms with Crippen molar-refractivity contribution >= 4 is 5.97 Å². The van der Waals surface area contributed by atoms with Crippen LogP contribution in [0.4, 0.5) is 0 Å². The largest absolute Gasteiger partial charge is 0.462 e. The second-order valence-corrected chi connectivity index (χ2v) is 12.8. The van der Waals surface area contributed by atoms with E-state index in [9.17, 15) is 4.79 Å². The van der Waals surface area contributed by atoms with Crippen molar-refractivity contribution in [3.8, 4) is 0 Å². The predicted molar refractivity (Wildman–Crippen MR) is 129 cm³/mol. The summed E-state index contributed by atoms with van der Waals surface area (Å²) in [6.45, 7) is 14.1. The molecule has 0 radical (unpaired) electrons. The highest BCUT2D eigenvalue weighted by molar-refractivity contribution is 5.66. The van der Waals surface area contributed by atoms with Crippen LogP contribution in [0.15, 0.2) is 11.6 Å². The zero-order chi connectivity index (χ0) is 22.4. The number of fused-ring (bicyclic) bond motifs is 5. The third-order valence-corrected chi connectivity index (χ3v) is 10.6. The van der Waals surface area contributed by atoms with Crippen LogP contribution in [0.1, 0.15) is 112 Å². The van der Waals surface area contributed by atoms with E-state index in [1.165, 1.54) is 57.8 Å².